The molecule has 0 aromatic heterocycles. The van der Waals surface area contributed by atoms with E-state index in [-0.39, 0.29) is 42.5 Å². The van der Waals surface area contributed by atoms with E-state index < -0.39 is 0 Å². The number of hydrogen-bond donors (Lipinski definition) is 3. The van der Waals surface area contributed by atoms with Crippen molar-refractivity contribution in [1.29, 1.82) is 0 Å². The standard InChI is InChI=1S/C16H26N4O2.HI/c1-12-7-5-6-8-14(12)13(2)20-16(17-3)19-11-15(21)18-9-10-22-4;/h5-8,13H,9-11H2,1-4H3,(H,18,21)(H2,17,19,20);1H. The van der Waals surface area contributed by atoms with Gasteiger partial charge in [0.25, 0.3) is 0 Å². The quantitative estimate of drug-likeness (QED) is 0.264. The average Bonchev–Trinajstić information content (AvgIpc) is 2.51. The van der Waals surface area contributed by atoms with Gasteiger partial charge in [0.1, 0.15) is 0 Å². The van der Waals surface area contributed by atoms with Gasteiger partial charge in [-0.3, -0.25) is 9.79 Å². The van der Waals surface area contributed by atoms with Crippen LogP contribution in [0.5, 0.6) is 0 Å². The van der Waals surface area contributed by atoms with Crippen molar-refractivity contribution in [3.8, 4) is 0 Å². The summed E-state index contributed by atoms with van der Waals surface area (Å²) in [5.74, 6) is 0.501. The number of guanidine groups is 1. The van der Waals surface area contributed by atoms with Gasteiger partial charge in [-0.05, 0) is 25.0 Å². The Labute approximate surface area is 155 Å². The van der Waals surface area contributed by atoms with E-state index in [4.69, 9.17) is 4.74 Å². The summed E-state index contributed by atoms with van der Waals surface area (Å²) >= 11 is 0. The first-order chi connectivity index (χ1) is 10.6. The zero-order chi connectivity index (χ0) is 16.4. The molecule has 0 aliphatic heterocycles. The van der Waals surface area contributed by atoms with Crippen LogP contribution in [0.15, 0.2) is 29.3 Å². The van der Waals surface area contributed by atoms with Crippen molar-refractivity contribution in [3.05, 3.63) is 35.4 Å². The van der Waals surface area contributed by atoms with Gasteiger partial charge in [0.05, 0.1) is 19.2 Å². The Hall–Kier alpha value is -1.35. The predicted molar refractivity (Wildman–Crippen MR) is 104 cm³/mol. The number of methoxy groups -OCH3 is 1. The largest absolute Gasteiger partial charge is 0.383 e. The van der Waals surface area contributed by atoms with Crippen molar-refractivity contribution >= 4 is 35.8 Å². The third kappa shape index (κ3) is 8.17. The second kappa shape index (κ2) is 12.1. The number of nitrogens with zero attached hydrogens (tertiary/aromatic N) is 1. The first-order valence-electron chi connectivity index (χ1n) is 7.36. The molecule has 6 nitrogen and oxygen atoms in total. The van der Waals surface area contributed by atoms with Crippen LogP contribution in [0.4, 0.5) is 0 Å². The number of carbonyl (C=O) groups is 1. The van der Waals surface area contributed by atoms with Gasteiger partial charge in [-0.2, -0.15) is 0 Å². The highest BCUT2D eigenvalue weighted by Crippen LogP contribution is 2.16. The summed E-state index contributed by atoms with van der Waals surface area (Å²) in [7, 11) is 3.28. The molecule has 1 unspecified atom stereocenters. The minimum Gasteiger partial charge on any atom is -0.383 e. The van der Waals surface area contributed by atoms with Gasteiger partial charge in [-0.15, -0.1) is 24.0 Å². The van der Waals surface area contributed by atoms with Gasteiger partial charge in [-0.1, -0.05) is 24.3 Å². The maximum atomic E-state index is 11.6. The zero-order valence-corrected chi connectivity index (χ0v) is 16.5. The van der Waals surface area contributed by atoms with Crippen molar-refractivity contribution in [3.63, 3.8) is 0 Å². The smallest absolute Gasteiger partial charge is 0.239 e. The molecule has 1 rings (SSSR count). The van der Waals surface area contributed by atoms with Crippen molar-refractivity contribution in [2.45, 2.75) is 19.9 Å². The number of nitrogens with one attached hydrogen (secondary N) is 3. The number of hydrogen-bond acceptors (Lipinski definition) is 3. The highest BCUT2D eigenvalue weighted by Gasteiger charge is 2.10. The first kappa shape index (κ1) is 21.6. The Kier molecular flexibility index (Phi) is 11.4. The summed E-state index contributed by atoms with van der Waals surface area (Å²) in [6.45, 7) is 5.32. The van der Waals surface area contributed by atoms with Crippen LogP contribution in [0.1, 0.15) is 24.1 Å². The molecule has 1 amide bonds. The molecule has 3 N–H and O–H groups in total. The molecule has 23 heavy (non-hydrogen) atoms. The van der Waals surface area contributed by atoms with E-state index in [0.29, 0.717) is 19.1 Å². The number of benzene rings is 1. The van der Waals surface area contributed by atoms with Crippen LogP contribution < -0.4 is 16.0 Å². The molecule has 0 heterocycles. The van der Waals surface area contributed by atoms with E-state index in [1.54, 1.807) is 14.2 Å². The van der Waals surface area contributed by atoms with Crippen molar-refractivity contribution < 1.29 is 9.53 Å². The number of halogens is 1. The topological polar surface area (TPSA) is 74.8 Å². The minimum atomic E-state index is -0.0939. The summed E-state index contributed by atoms with van der Waals surface area (Å²) in [6, 6.07) is 8.29. The van der Waals surface area contributed by atoms with Gasteiger partial charge in [0.15, 0.2) is 5.96 Å². The van der Waals surface area contributed by atoms with Crippen LogP contribution >= 0.6 is 24.0 Å². The predicted octanol–water partition coefficient (Wildman–Crippen LogP) is 1.60. The van der Waals surface area contributed by atoms with Gasteiger partial charge >= 0.3 is 0 Å². The maximum Gasteiger partial charge on any atom is 0.239 e. The molecule has 0 aliphatic carbocycles. The molecule has 1 aromatic rings. The van der Waals surface area contributed by atoms with E-state index in [0.717, 1.165) is 0 Å². The van der Waals surface area contributed by atoms with E-state index in [2.05, 4.69) is 46.9 Å². The van der Waals surface area contributed by atoms with Crippen LogP contribution in [0, 0.1) is 6.92 Å². The van der Waals surface area contributed by atoms with Crippen LogP contribution in [0.2, 0.25) is 0 Å². The third-order valence-electron chi connectivity index (χ3n) is 3.28. The summed E-state index contributed by atoms with van der Waals surface area (Å²) in [5, 5.41) is 9.03. The molecule has 0 radical (unpaired) electrons. The number of rotatable bonds is 7. The minimum absolute atomic E-state index is 0. The number of aryl methyl sites for hydroxylation is 1. The number of carbonyl (C=O) groups excluding carboxylic acids is 1. The maximum absolute atomic E-state index is 11.6. The lowest BCUT2D eigenvalue weighted by molar-refractivity contribution is -0.120. The summed E-state index contributed by atoms with van der Waals surface area (Å²) in [5.41, 5.74) is 2.42. The molecule has 7 heteroatoms. The zero-order valence-electron chi connectivity index (χ0n) is 14.2. The van der Waals surface area contributed by atoms with Crippen LogP contribution in [0.3, 0.4) is 0 Å². The Morgan fingerprint density at radius 2 is 2.00 bits per heavy atom. The molecule has 0 fully saturated rings. The first-order valence-corrected chi connectivity index (χ1v) is 7.36. The molecule has 0 bridgehead atoms. The van der Waals surface area contributed by atoms with E-state index in [9.17, 15) is 4.79 Å². The molecule has 1 atom stereocenters. The lowest BCUT2D eigenvalue weighted by atomic mass is 10.0. The van der Waals surface area contributed by atoms with E-state index in [1.165, 1.54) is 11.1 Å². The highest BCUT2D eigenvalue weighted by molar-refractivity contribution is 14.0. The van der Waals surface area contributed by atoms with Gasteiger partial charge < -0.3 is 20.7 Å². The normalized spacial score (nSPS) is 12.1. The van der Waals surface area contributed by atoms with E-state index in [1.807, 2.05) is 12.1 Å². The fraction of sp³-hybridized carbons (Fsp3) is 0.500. The SMILES string of the molecule is CN=C(NCC(=O)NCCOC)NC(C)c1ccccc1C.I. The van der Waals surface area contributed by atoms with Crippen molar-refractivity contribution in [2.24, 2.45) is 4.99 Å². The average molecular weight is 434 g/mol. The fourth-order valence-corrected chi connectivity index (χ4v) is 2.07. The number of amides is 1. The van der Waals surface area contributed by atoms with Gasteiger partial charge in [0, 0.05) is 20.7 Å². The Balaban J connectivity index is 0.00000484. The van der Waals surface area contributed by atoms with Crippen molar-refractivity contribution in [2.75, 3.05) is 33.9 Å². The Bertz CT molecular complexity index is 509. The number of ether oxygens (including phenoxy) is 1. The van der Waals surface area contributed by atoms with Gasteiger partial charge in [0.2, 0.25) is 5.91 Å². The van der Waals surface area contributed by atoms with Crippen LogP contribution in [0.25, 0.3) is 0 Å². The van der Waals surface area contributed by atoms with Crippen LogP contribution in [-0.4, -0.2) is 45.7 Å². The number of aliphatic imine (C=N–C) groups is 1. The summed E-state index contributed by atoms with van der Waals surface area (Å²) < 4.78 is 4.88. The molecule has 130 valence electrons. The van der Waals surface area contributed by atoms with Gasteiger partial charge in [-0.25, -0.2) is 0 Å². The highest BCUT2D eigenvalue weighted by atomic mass is 127. The molecule has 0 saturated heterocycles. The van der Waals surface area contributed by atoms with Crippen molar-refractivity contribution in [1.82, 2.24) is 16.0 Å². The third-order valence-corrected chi connectivity index (χ3v) is 3.28. The van der Waals surface area contributed by atoms with E-state index >= 15 is 0 Å². The molecule has 0 spiro atoms. The fourth-order valence-electron chi connectivity index (χ4n) is 2.07. The second-order valence-corrected chi connectivity index (χ2v) is 4.99. The van der Waals surface area contributed by atoms with Crippen LogP contribution in [-0.2, 0) is 9.53 Å². The monoisotopic (exact) mass is 434 g/mol. The Morgan fingerprint density at radius 1 is 1.30 bits per heavy atom. The summed E-state index contributed by atoms with van der Waals surface area (Å²) in [6.07, 6.45) is 0. The molecular formula is C16H27IN4O2. The lowest BCUT2D eigenvalue weighted by Gasteiger charge is -2.19. The molecule has 0 aliphatic rings. The Morgan fingerprint density at radius 3 is 2.61 bits per heavy atom. The summed E-state index contributed by atoms with van der Waals surface area (Å²) in [4.78, 5) is 15.8. The second-order valence-electron chi connectivity index (χ2n) is 4.99. The lowest BCUT2D eigenvalue weighted by Crippen LogP contribution is -2.44. The molecular weight excluding hydrogens is 407 g/mol. The molecule has 1 aromatic carbocycles. The molecule has 0 saturated carbocycles.